The molecule has 0 aliphatic carbocycles. The summed E-state index contributed by atoms with van der Waals surface area (Å²) >= 11 is 3.43. The van der Waals surface area contributed by atoms with Gasteiger partial charge in [0, 0.05) is 11.0 Å². The van der Waals surface area contributed by atoms with Gasteiger partial charge in [0.2, 0.25) is 0 Å². The standard InChI is InChI=1S/C12H13BrFN3/c1-2-5-17-11(7-16-12(17)15)9-6-8(14)3-4-10(9)13/h2-4,6,11H,1,5,7H2,(H2,15,16). The lowest BCUT2D eigenvalue weighted by Crippen LogP contribution is -2.36. The molecule has 0 radical (unpaired) electrons. The van der Waals surface area contributed by atoms with E-state index in [-0.39, 0.29) is 11.9 Å². The summed E-state index contributed by atoms with van der Waals surface area (Å²) in [4.78, 5) is 6.10. The Morgan fingerprint density at radius 2 is 2.41 bits per heavy atom. The number of rotatable bonds is 3. The number of hydrogen-bond donors (Lipinski definition) is 1. The van der Waals surface area contributed by atoms with Crippen molar-refractivity contribution in [2.45, 2.75) is 6.04 Å². The molecular formula is C12H13BrFN3. The van der Waals surface area contributed by atoms with E-state index in [0.717, 1.165) is 10.0 Å². The van der Waals surface area contributed by atoms with Crippen LogP contribution in [0, 0.1) is 5.82 Å². The summed E-state index contributed by atoms with van der Waals surface area (Å²) in [6.07, 6.45) is 1.76. The summed E-state index contributed by atoms with van der Waals surface area (Å²) in [7, 11) is 0. The van der Waals surface area contributed by atoms with Crippen LogP contribution in [0.15, 0.2) is 40.3 Å². The molecule has 0 spiro atoms. The van der Waals surface area contributed by atoms with Crippen LogP contribution in [0.2, 0.25) is 0 Å². The SMILES string of the molecule is C=CCN1C(N)=NCC1c1cc(F)ccc1Br. The van der Waals surface area contributed by atoms with E-state index in [1.54, 1.807) is 12.1 Å². The molecule has 0 saturated heterocycles. The zero-order chi connectivity index (χ0) is 12.4. The van der Waals surface area contributed by atoms with Crippen molar-refractivity contribution in [3.05, 3.63) is 46.7 Å². The highest BCUT2D eigenvalue weighted by molar-refractivity contribution is 9.10. The van der Waals surface area contributed by atoms with Crippen molar-refractivity contribution in [2.75, 3.05) is 13.1 Å². The first kappa shape index (κ1) is 12.1. The Morgan fingerprint density at radius 1 is 1.65 bits per heavy atom. The Bertz CT molecular complexity index is 473. The van der Waals surface area contributed by atoms with Crippen molar-refractivity contribution in [1.82, 2.24) is 4.90 Å². The van der Waals surface area contributed by atoms with E-state index < -0.39 is 0 Å². The molecule has 1 aromatic carbocycles. The minimum Gasteiger partial charge on any atom is -0.370 e. The van der Waals surface area contributed by atoms with E-state index in [1.165, 1.54) is 12.1 Å². The predicted molar refractivity (Wildman–Crippen MR) is 70.2 cm³/mol. The molecule has 0 saturated carbocycles. The maximum Gasteiger partial charge on any atom is 0.192 e. The smallest absolute Gasteiger partial charge is 0.192 e. The quantitative estimate of drug-likeness (QED) is 0.871. The molecular weight excluding hydrogens is 285 g/mol. The van der Waals surface area contributed by atoms with Gasteiger partial charge in [-0.15, -0.1) is 6.58 Å². The fraction of sp³-hybridized carbons (Fsp3) is 0.250. The van der Waals surface area contributed by atoms with Crippen LogP contribution in [0.5, 0.6) is 0 Å². The van der Waals surface area contributed by atoms with E-state index in [4.69, 9.17) is 5.73 Å². The summed E-state index contributed by atoms with van der Waals surface area (Å²) in [6.45, 7) is 4.83. The molecule has 1 unspecified atom stereocenters. The largest absolute Gasteiger partial charge is 0.370 e. The zero-order valence-electron chi connectivity index (χ0n) is 9.24. The summed E-state index contributed by atoms with van der Waals surface area (Å²) in [5.74, 6) is 0.221. The molecule has 0 aromatic heterocycles. The van der Waals surface area contributed by atoms with Crippen molar-refractivity contribution in [2.24, 2.45) is 10.7 Å². The molecule has 17 heavy (non-hydrogen) atoms. The number of aliphatic imine (C=N–C) groups is 1. The van der Waals surface area contributed by atoms with Crippen molar-refractivity contribution >= 4 is 21.9 Å². The third-order valence-electron chi connectivity index (χ3n) is 2.74. The van der Waals surface area contributed by atoms with Crippen LogP contribution in [-0.2, 0) is 0 Å². The second kappa shape index (κ2) is 4.87. The Labute approximate surface area is 108 Å². The van der Waals surface area contributed by atoms with Crippen molar-refractivity contribution < 1.29 is 4.39 Å². The lowest BCUT2D eigenvalue weighted by Gasteiger charge is -2.26. The van der Waals surface area contributed by atoms with Gasteiger partial charge in [-0.2, -0.15) is 0 Å². The molecule has 2 rings (SSSR count). The highest BCUT2D eigenvalue weighted by Gasteiger charge is 2.28. The molecule has 1 heterocycles. The second-order valence-electron chi connectivity index (χ2n) is 3.82. The number of guanidine groups is 1. The van der Waals surface area contributed by atoms with Gasteiger partial charge in [0.1, 0.15) is 5.82 Å². The molecule has 0 amide bonds. The molecule has 1 atom stereocenters. The maximum absolute atomic E-state index is 13.3. The van der Waals surface area contributed by atoms with E-state index in [1.807, 2.05) is 4.90 Å². The van der Waals surface area contributed by atoms with Gasteiger partial charge < -0.3 is 10.6 Å². The number of nitrogens with two attached hydrogens (primary N) is 1. The number of hydrogen-bond acceptors (Lipinski definition) is 3. The van der Waals surface area contributed by atoms with Crippen LogP contribution in [0.4, 0.5) is 4.39 Å². The second-order valence-corrected chi connectivity index (χ2v) is 4.68. The predicted octanol–water partition coefficient (Wildman–Crippen LogP) is 2.45. The van der Waals surface area contributed by atoms with Crippen LogP contribution in [0.3, 0.4) is 0 Å². The van der Waals surface area contributed by atoms with Gasteiger partial charge in [-0.1, -0.05) is 22.0 Å². The topological polar surface area (TPSA) is 41.6 Å². The molecule has 90 valence electrons. The summed E-state index contributed by atoms with van der Waals surface area (Å²) in [6, 6.07) is 4.60. The molecule has 0 bridgehead atoms. The molecule has 1 aromatic rings. The Kier molecular flexibility index (Phi) is 3.47. The fourth-order valence-electron chi connectivity index (χ4n) is 1.93. The van der Waals surface area contributed by atoms with Crippen LogP contribution in [-0.4, -0.2) is 23.9 Å². The van der Waals surface area contributed by atoms with Gasteiger partial charge in [0.05, 0.1) is 12.6 Å². The van der Waals surface area contributed by atoms with Gasteiger partial charge in [-0.25, -0.2) is 4.39 Å². The van der Waals surface area contributed by atoms with Gasteiger partial charge in [-0.05, 0) is 23.8 Å². The van der Waals surface area contributed by atoms with Crippen LogP contribution in [0.25, 0.3) is 0 Å². The van der Waals surface area contributed by atoms with Gasteiger partial charge in [-0.3, -0.25) is 4.99 Å². The molecule has 5 heteroatoms. The average molecular weight is 298 g/mol. The Balaban J connectivity index is 2.33. The number of halogens is 2. The van der Waals surface area contributed by atoms with E-state index >= 15 is 0 Å². The molecule has 1 aliphatic rings. The van der Waals surface area contributed by atoms with Gasteiger partial charge >= 0.3 is 0 Å². The molecule has 1 aliphatic heterocycles. The molecule has 2 N–H and O–H groups in total. The highest BCUT2D eigenvalue weighted by Crippen LogP contribution is 2.31. The van der Waals surface area contributed by atoms with E-state index in [0.29, 0.717) is 19.0 Å². The Morgan fingerprint density at radius 3 is 3.12 bits per heavy atom. The highest BCUT2D eigenvalue weighted by atomic mass is 79.9. The third-order valence-corrected chi connectivity index (χ3v) is 3.46. The zero-order valence-corrected chi connectivity index (χ0v) is 10.8. The summed E-state index contributed by atoms with van der Waals surface area (Å²) in [5, 5.41) is 0. The first-order valence-corrected chi connectivity index (χ1v) is 6.05. The summed E-state index contributed by atoms with van der Waals surface area (Å²) in [5.41, 5.74) is 6.66. The molecule has 0 fully saturated rings. The third kappa shape index (κ3) is 2.34. The lowest BCUT2D eigenvalue weighted by atomic mass is 10.1. The van der Waals surface area contributed by atoms with Crippen molar-refractivity contribution in [3.8, 4) is 0 Å². The van der Waals surface area contributed by atoms with Crippen molar-refractivity contribution in [1.29, 1.82) is 0 Å². The average Bonchev–Trinajstić information content (AvgIpc) is 2.65. The first-order chi connectivity index (χ1) is 8.13. The normalized spacial score (nSPS) is 19.3. The Hall–Kier alpha value is -1.36. The lowest BCUT2D eigenvalue weighted by molar-refractivity contribution is 0.378. The monoisotopic (exact) mass is 297 g/mol. The first-order valence-electron chi connectivity index (χ1n) is 5.26. The number of benzene rings is 1. The maximum atomic E-state index is 13.3. The van der Waals surface area contributed by atoms with E-state index in [9.17, 15) is 4.39 Å². The minimum atomic E-state index is -0.257. The molecule has 3 nitrogen and oxygen atoms in total. The van der Waals surface area contributed by atoms with Gasteiger partial charge in [0.25, 0.3) is 0 Å². The fourth-order valence-corrected chi connectivity index (χ4v) is 2.44. The summed E-state index contributed by atoms with van der Waals surface area (Å²) < 4.78 is 14.1. The van der Waals surface area contributed by atoms with E-state index in [2.05, 4.69) is 27.5 Å². The van der Waals surface area contributed by atoms with Crippen LogP contribution < -0.4 is 5.73 Å². The van der Waals surface area contributed by atoms with Crippen LogP contribution in [0.1, 0.15) is 11.6 Å². The van der Waals surface area contributed by atoms with Crippen LogP contribution >= 0.6 is 15.9 Å². The number of nitrogens with zero attached hydrogens (tertiary/aromatic N) is 2. The minimum absolute atomic E-state index is 0.0296. The van der Waals surface area contributed by atoms with Crippen molar-refractivity contribution in [3.63, 3.8) is 0 Å². The van der Waals surface area contributed by atoms with Gasteiger partial charge in [0.15, 0.2) is 5.96 Å².